The molecule has 176 valence electrons. The highest BCUT2D eigenvalue weighted by atomic mass is 16.5. The average Bonchev–Trinajstić information content (AvgIpc) is 2.88. The molecule has 8 nitrogen and oxygen atoms in total. The number of rotatable bonds is 6. The van der Waals surface area contributed by atoms with Crippen LogP contribution in [0.5, 0.6) is 11.5 Å². The molecule has 8 heteroatoms. The van der Waals surface area contributed by atoms with Crippen molar-refractivity contribution in [3.05, 3.63) is 78.0 Å². The first-order valence-electron chi connectivity index (χ1n) is 11.1. The molecule has 2 aromatic carbocycles. The molecule has 1 N–H and O–H groups in total. The van der Waals surface area contributed by atoms with Gasteiger partial charge in [-0.3, -0.25) is 9.59 Å². The number of pyridine rings is 1. The van der Waals surface area contributed by atoms with Crippen molar-refractivity contribution < 1.29 is 19.1 Å². The fraction of sp³-hybridized carbons (Fsp3) is 0.269. The molecular formula is C26H28N4O4. The van der Waals surface area contributed by atoms with E-state index in [0.29, 0.717) is 31.0 Å². The molecule has 1 aromatic heterocycles. The van der Waals surface area contributed by atoms with Crippen LogP contribution in [0.25, 0.3) is 0 Å². The van der Waals surface area contributed by atoms with Gasteiger partial charge in [0.25, 0.3) is 5.91 Å². The van der Waals surface area contributed by atoms with E-state index in [1.54, 1.807) is 44.4 Å². The van der Waals surface area contributed by atoms with Crippen molar-refractivity contribution in [1.29, 1.82) is 0 Å². The number of carbonyl (C=O) groups is 2. The molecule has 34 heavy (non-hydrogen) atoms. The van der Waals surface area contributed by atoms with Crippen molar-refractivity contribution in [2.75, 3.05) is 39.2 Å². The monoisotopic (exact) mass is 460 g/mol. The Bertz CT molecular complexity index is 1150. The summed E-state index contributed by atoms with van der Waals surface area (Å²) in [6.45, 7) is 2.89. The molecule has 0 unspecified atom stereocenters. The largest absolute Gasteiger partial charge is 0.497 e. The molecule has 0 bridgehead atoms. The smallest absolute Gasteiger partial charge is 0.258 e. The van der Waals surface area contributed by atoms with Crippen molar-refractivity contribution in [1.82, 2.24) is 14.8 Å². The van der Waals surface area contributed by atoms with E-state index >= 15 is 0 Å². The molecule has 0 aliphatic carbocycles. The zero-order valence-electron chi connectivity index (χ0n) is 19.5. The Balaban J connectivity index is 1.63. The third-order valence-corrected chi connectivity index (χ3v) is 5.98. The van der Waals surface area contributed by atoms with Crippen LogP contribution >= 0.6 is 0 Å². The number of benzene rings is 2. The molecule has 0 radical (unpaired) electrons. The first-order valence-corrected chi connectivity index (χ1v) is 11.1. The van der Waals surface area contributed by atoms with E-state index in [4.69, 9.17) is 9.47 Å². The zero-order valence-corrected chi connectivity index (χ0v) is 19.5. The van der Waals surface area contributed by atoms with Gasteiger partial charge < -0.3 is 24.6 Å². The fourth-order valence-electron chi connectivity index (χ4n) is 4.07. The number of piperazine rings is 1. The summed E-state index contributed by atoms with van der Waals surface area (Å²) in [4.78, 5) is 33.9. The number of aromatic nitrogens is 1. The molecule has 3 aromatic rings. The molecule has 2 amide bonds. The highest BCUT2D eigenvalue weighted by Crippen LogP contribution is 2.30. The van der Waals surface area contributed by atoms with Crippen LogP contribution in [0.1, 0.15) is 28.9 Å². The van der Waals surface area contributed by atoms with Gasteiger partial charge in [-0.2, -0.15) is 0 Å². The second-order valence-electron chi connectivity index (χ2n) is 8.01. The summed E-state index contributed by atoms with van der Waals surface area (Å²) in [6.07, 6.45) is 1.65. The lowest BCUT2D eigenvalue weighted by Crippen LogP contribution is -2.52. The molecule has 4 rings (SSSR count). The van der Waals surface area contributed by atoms with Crippen LogP contribution in [0.3, 0.4) is 0 Å². The maximum absolute atomic E-state index is 13.8. The zero-order chi connectivity index (χ0) is 24.1. The lowest BCUT2D eigenvalue weighted by atomic mass is 10.0. The van der Waals surface area contributed by atoms with Gasteiger partial charge >= 0.3 is 0 Å². The van der Waals surface area contributed by atoms with Crippen LogP contribution in [-0.4, -0.2) is 60.5 Å². The van der Waals surface area contributed by atoms with Crippen LogP contribution in [0, 0.1) is 0 Å². The Morgan fingerprint density at radius 3 is 2.21 bits per heavy atom. The van der Waals surface area contributed by atoms with Crippen LogP contribution in [-0.2, 0) is 4.79 Å². The molecule has 1 saturated heterocycles. The number of amides is 2. The summed E-state index contributed by atoms with van der Waals surface area (Å²) >= 11 is 0. The molecule has 1 atom stereocenters. The van der Waals surface area contributed by atoms with E-state index < -0.39 is 0 Å². The van der Waals surface area contributed by atoms with E-state index in [2.05, 4.69) is 10.3 Å². The molecular weight excluding hydrogens is 432 g/mol. The Morgan fingerprint density at radius 2 is 1.59 bits per heavy atom. The number of hydrogen-bond donors (Lipinski definition) is 1. The molecule has 0 saturated carbocycles. The second-order valence-corrected chi connectivity index (χ2v) is 8.01. The van der Waals surface area contributed by atoms with E-state index in [9.17, 15) is 9.59 Å². The highest BCUT2D eigenvalue weighted by Gasteiger charge is 2.34. The Labute approximate surface area is 199 Å². The maximum atomic E-state index is 13.8. The van der Waals surface area contributed by atoms with Gasteiger partial charge in [0.1, 0.15) is 17.3 Å². The normalized spacial score (nSPS) is 15.6. The number of hydrogen-bond acceptors (Lipinski definition) is 6. The molecule has 0 spiro atoms. The summed E-state index contributed by atoms with van der Waals surface area (Å²) in [6, 6.07) is 18.3. The van der Waals surface area contributed by atoms with Crippen molar-refractivity contribution in [2.24, 2.45) is 0 Å². The standard InChI is InChI=1S/C26H28N4O4/c1-18(31)29-15-16-30(24(17-29)19-6-10-21(33-2)11-7-19)26(32)23-5-4-14-27-25(23)28-20-8-12-22(34-3)13-9-20/h4-14,24H,15-17H2,1-3H3,(H,27,28)/t24-/m0/s1. The second kappa shape index (κ2) is 10.2. The van der Waals surface area contributed by atoms with Crippen molar-refractivity contribution >= 4 is 23.3 Å². The minimum atomic E-state index is -0.287. The lowest BCUT2D eigenvalue weighted by Gasteiger charge is -2.41. The maximum Gasteiger partial charge on any atom is 0.258 e. The van der Waals surface area contributed by atoms with Crippen molar-refractivity contribution in [3.8, 4) is 11.5 Å². The van der Waals surface area contributed by atoms with E-state index in [0.717, 1.165) is 22.7 Å². The fourth-order valence-corrected chi connectivity index (χ4v) is 4.07. The Hall–Kier alpha value is -4.07. The summed E-state index contributed by atoms with van der Waals surface area (Å²) in [5.41, 5.74) is 2.20. The summed E-state index contributed by atoms with van der Waals surface area (Å²) in [5, 5.41) is 3.25. The summed E-state index contributed by atoms with van der Waals surface area (Å²) in [5.74, 6) is 1.80. The van der Waals surface area contributed by atoms with Crippen molar-refractivity contribution in [3.63, 3.8) is 0 Å². The lowest BCUT2D eigenvalue weighted by molar-refractivity contribution is -0.131. The van der Waals surface area contributed by atoms with Gasteiger partial charge in [0.2, 0.25) is 5.91 Å². The first-order chi connectivity index (χ1) is 16.5. The van der Waals surface area contributed by atoms with E-state index in [1.165, 1.54) is 0 Å². The first kappa shape index (κ1) is 23.1. The van der Waals surface area contributed by atoms with Crippen LogP contribution in [0.2, 0.25) is 0 Å². The van der Waals surface area contributed by atoms with Gasteiger partial charge in [-0.05, 0) is 54.1 Å². The van der Waals surface area contributed by atoms with Crippen LogP contribution in [0.15, 0.2) is 66.9 Å². The Morgan fingerprint density at radius 1 is 0.941 bits per heavy atom. The van der Waals surface area contributed by atoms with Crippen LogP contribution in [0.4, 0.5) is 11.5 Å². The van der Waals surface area contributed by atoms with Crippen LogP contribution < -0.4 is 14.8 Å². The minimum Gasteiger partial charge on any atom is -0.497 e. The third-order valence-electron chi connectivity index (χ3n) is 5.98. The van der Waals surface area contributed by atoms with Gasteiger partial charge in [-0.15, -0.1) is 0 Å². The number of anilines is 2. The average molecular weight is 461 g/mol. The number of methoxy groups -OCH3 is 2. The van der Waals surface area contributed by atoms with Gasteiger partial charge in [0, 0.05) is 38.4 Å². The van der Waals surface area contributed by atoms with E-state index in [1.807, 2.05) is 53.4 Å². The van der Waals surface area contributed by atoms with Crippen molar-refractivity contribution in [2.45, 2.75) is 13.0 Å². The number of carbonyl (C=O) groups excluding carboxylic acids is 2. The number of nitrogens with zero attached hydrogens (tertiary/aromatic N) is 3. The number of ether oxygens (including phenoxy) is 2. The SMILES string of the molecule is COc1ccc(Nc2ncccc2C(=O)N2CCN(C(C)=O)C[C@H]2c2ccc(OC)cc2)cc1. The molecule has 2 heterocycles. The minimum absolute atomic E-state index is 0.00569. The highest BCUT2D eigenvalue weighted by molar-refractivity contribution is 5.99. The number of nitrogens with one attached hydrogen (secondary N) is 1. The predicted octanol–water partition coefficient (Wildman–Crippen LogP) is 3.89. The van der Waals surface area contributed by atoms with Gasteiger partial charge in [0.15, 0.2) is 0 Å². The topological polar surface area (TPSA) is 84.0 Å². The summed E-state index contributed by atoms with van der Waals surface area (Å²) in [7, 11) is 3.23. The molecule has 1 aliphatic heterocycles. The molecule has 1 fully saturated rings. The van der Waals surface area contributed by atoms with Gasteiger partial charge in [0.05, 0.1) is 25.8 Å². The van der Waals surface area contributed by atoms with E-state index in [-0.39, 0.29) is 17.9 Å². The quantitative estimate of drug-likeness (QED) is 0.601. The van der Waals surface area contributed by atoms with Gasteiger partial charge in [-0.1, -0.05) is 12.1 Å². The predicted molar refractivity (Wildman–Crippen MR) is 130 cm³/mol. The Kier molecular flexibility index (Phi) is 6.96. The third kappa shape index (κ3) is 4.96. The van der Waals surface area contributed by atoms with Gasteiger partial charge in [-0.25, -0.2) is 4.98 Å². The summed E-state index contributed by atoms with van der Waals surface area (Å²) < 4.78 is 10.5. The molecule has 1 aliphatic rings.